The fourth-order valence-electron chi connectivity index (χ4n) is 1.63. The second-order valence-corrected chi connectivity index (χ2v) is 3.95. The number of aliphatic hydroxyl groups excluding tert-OH is 1. The zero-order valence-electron chi connectivity index (χ0n) is 11.0. The Morgan fingerprint density at radius 2 is 1.95 bits per heavy atom. The lowest BCUT2D eigenvalue weighted by Crippen LogP contribution is -2.26. The van der Waals surface area contributed by atoms with Crippen LogP contribution in [0.2, 0.25) is 0 Å². The molecule has 0 saturated heterocycles. The lowest BCUT2D eigenvalue weighted by atomic mass is 9.99. The van der Waals surface area contributed by atoms with Crippen molar-refractivity contribution >= 4 is 12.4 Å². The molecule has 2 atom stereocenters. The number of alkyl halides is 3. The monoisotopic (exact) mass is 315 g/mol. The molecule has 20 heavy (non-hydrogen) atoms. The summed E-state index contributed by atoms with van der Waals surface area (Å²) in [7, 11) is 1.37. The van der Waals surface area contributed by atoms with E-state index in [0.717, 1.165) is 12.1 Å². The molecular formula is C12H17ClF3NO3. The molecule has 0 fully saturated rings. The van der Waals surface area contributed by atoms with Crippen LogP contribution in [0.1, 0.15) is 24.9 Å². The predicted molar refractivity (Wildman–Crippen MR) is 70.2 cm³/mol. The van der Waals surface area contributed by atoms with Gasteiger partial charge in [-0.2, -0.15) is 0 Å². The van der Waals surface area contributed by atoms with Crippen molar-refractivity contribution in [1.82, 2.24) is 0 Å². The van der Waals surface area contributed by atoms with Crippen molar-refractivity contribution in [3.8, 4) is 11.5 Å². The van der Waals surface area contributed by atoms with Crippen LogP contribution in [0.15, 0.2) is 18.2 Å². The fourth-order valence-corrected chi connectivity index (χ4v) is 1.63. The van der Waals surface area contributed by atoms with E-state index >= 15 is 0 Å². The number of halogens is 4. The fraction of sp³-hybridized carbons (Fsp3) is 0.500. The summed E-state index contributed by atoms with van der Waals surface area (Å²) in [5.41, 5.74) is 6.05. The van der Waals surface area contributed by atoms with Crippen molar-refractivity contribution in [3.05, 3.63) is 23.8 Å². The van der Waals surface area contributed by atoms with Crippen molar-refractivity contribution in [2.24, 2.45) is 5.73 Å². The van der Waals surface area contributed by atoms with Crippen LogP contribution in [0.25, 0.3) is 0 Å². The molecule has 1 aromatic carbocycles. The SMILES string of the molecule is CC[C@@H](O)[C@@H](N)c1cc(OC(F)(F)F)ccc1OC.Cl. The summed E-state index contributed by atoms with van der Waals surface area (Å²) in [6.45, 7) is 1.72. The zero-order valence-corrected chi connectivity index (χ0v) is 11.8. The minimum atomic E-state index is -4.78. The third kappa shape index (κ3) is 5.07. The second-order valence-electron chi connectivity index (χ2n) is 3.95. The van der Waals surface area contributed by atoms with Gasteiger partial charge in [0.05, 0.1) is 19.3 Å². The van der Waals surface area contributed by atoms with Crippen LogP contribution < -0.4 is 15.2 Å². The average molecular weight is 316 g/mol. The van der Waals surface area contributed by atoms with E-state index in [1.54, 1.807) is 6.92 Å². The molecule has 8 heteroatoms. The van der Waals surface area contributed by atoms with Gasteiger partial charge in [-0.05, 0) is 24.6 Å². The highest BCUT2D eigenvalue weighted by molar-refractivity contribution is 5.85. The molecule has 1 rings (SSSR count). The third-order valence-electron chi connectivity index (χ3n) is 2.63. The number of hydrogen-bond acceptors (Lipinski definition) is 4. The topological polar surface area (TPSA) is 64.7 Å². The normalized spacial score (nSPS) is 14.2. The maximum Gasteiger partial charge on any atom is 0.573 e. The molecule has 116 valence electrons. The Kier molecular flexibility index (Phi) is 7.12. The van der Waals surface area contributed by atoms with Gasteiger partial charge in [-0.1, -0.05) is 6.92 Å². The van der Waals surface area contributed by atoms with E-state index in [2.05, 4.69) is 4.74 Å². The molecule has 0 radical (unpaired) electrons. The van der Waals surface area contributed by atoms with Crippen molar-refractivity contribution in [2.45, 2.75) is 31.9 Å². The zero-order chi connectivity index (χ0) is 14.6. The van der Waals surface area contributed by atoms with Gasteiger partial charge >= 0.3 is 6.36 Å². The predicted octanol–water partition coefficient (Wildman–Crippen LogP) is 2.79. The van der Waals surface area contributed by atoms with Gasteiger partial charge in [0.15, 0.2) is 0 Å². The van der Waals surface area contributed by atoms with E-state index < -0.39 is 24.3 Å². The molecule has 0 aliphatic rings. The van der Waals surface area contributed by atoms with Crippen LogP contribution in [0.4, 0.5) is 13.2 Å². The number of benzene rings is 1. The third-order valence-corrected chi connectivity index (χ3v) is 2.63. The molecule has 3 N–H and O–H groups in total. The standard InChI is InChI=1S/C12H16F3NO3.ClH/c1-3-9(17)11(16)8-6-7(19-12(13,14)15)4-5-10(8)18-2;/h4-6,9,11,17H,3,16H2,1-2H3;1H/t9-,11+;/m1./s1. The molecule has 0 heterocycles. The molecule has 0 bridgehead atoms. The highest BCUT2D eigenvalue weighted by atomic mass is 35.5. The van der Waals surface area contributed by atoms with Crippen LogP contribution >= 0.6 is 12.4 Å². The Morgan fingerprint density at radius 1 is 1.35 bits per heavy atom. The van der Waals surface area contributed by atoms with Crippen molar-refractivity contribution in [1.29, 1.82) is 0 Å². The Balaban J connectivity index is 0.00000361. The van der Waals surface area contributed by atoms with Gasteiger partial charge in [0, 0.05) is 5.56 Å². The molecule has 0 aliphatic heterocycles. The van der Waals surface area contributed by atoms with Crippen LogP contribution in [-0.4, -0.2) is 24.7 Å². The van der Waals surface area contributed by atoms with Gasteiger partial charge in [0.25, 0.3) is 0 Å². The molecule has 1 aromatic rings. The Hall–Kier alpha value is -1.18. The van der Waals surface area contributed by atoms with E-state index in [4.69, 9.17) is 10.5 Å². The smallest absolute Gasteiger partial charge is 0.496 e. The van der Waals surface area contributed by atoms with Crippen LogP contribution in [0.5, 0.6) is 11.5 Å². The summed E-state index contributed by atoms with van der Waals surface area (Å²) in [6, 6.07) is 2.71. The van der Waals surface area contributed by atoms with E-state index in [1.807, 2.05) is 0 Å². The largest absolute Gasteiger partial charge is 0.573 e. The number of nitrogens with two attached hydrogens (primary N) is 1. The van der Waals surface area contributed by atoms with Crippen molar-refractivity contribution in [3.63, 3.8) is 0 Å². The Morgan fingerprint density at radius 3 is 2.40 bits per heavy atom. The highest BCUT2D eigenvalue weighted by Crippen LogP contribution is 2.32. The lowest BCUT2D eigenvalue weighted by Gasteiger charge is -2.21. The Bertz CT molecular complexity index is 429. The van der Waals surface area contributed by atoms with E-state index in [9.17, 15) is 18.3 Å². The number of ether oxygens (including phenoxy) is 2. The maximum absolute atomic E-state index is 12.1. The first kappa shape index (κ1) is 18.8. The van der Waals surface area contributed by atoms with Gasteiger partial charge in [-0.3, -0.25) is 0 Å². The molecule has 0 spiro atoms. The maximum atomic E-state index is 12.1. The summed E-state index contributed by atoms with van der Waals surface area (Å²) in [6.07, 6.45) is -5.29. The lowest BCUT2D eigenvalue weighted by molar-refractivity contribution is -0.274. The minimum Gasteiger partial charge on any atom is -0.496 e. The molecule has 0 unspecified atom stereocenters. The summed E-state index contributed by atoms with van der Waals surface area (Å²) in [5, 5.41) is 9.68. The molecule has 0 aromatic heterocycles. The highest BCUT2D eigenvalue weighted by Gasteiger charge is 2.31. The molecule has 0 amide bonds. The molecule has 4 nitrogen and oxygen atoms in total. The van der Waals surface area contributed by atoms with E-state index in [1.165, 1.54) is 13.2 Å². The minimum absolute atomic E-state index is 0. The first-order valence-electron chi connectivity index (χ1n) is 5.65. The van der Waals surface area contributed by atoms with Gasteiger partial charge in [-0.25, -0.2) is 0 Å². The van der Waals surface area contributed by atoms with Crippen molar-refractivity contribution < 1.29 is 27.8 Å². The molecular weight excluding hydrogens is 299 g/mol. The Labute approximate surface area is 121 Å². The number of hydrogen-bond donors (Lipinski definition) is 2. The van der Waals surface area contributed by atoms with Gasteiger partial charge in [0.2, 0.25) is 0 Å². The molecule has 0 aliphatic carbocycles. The second kappa shape index (κ2) is 7.56. The van der Waals surface area contributed by atoms with E-state index in [-0.39, 0.29) is 18.0 Å². The number of rotatable bonds is 5. The summed E-state index contributed by atoms with van der Waals surface area (Å²) < 4.78 is 45.3. The van der Waals surface area contributed by atoms with Gasteiger partial charge in [-0.15, -0.1) is 25.6 Å². The summed E-state index contributed by atoms with van der Waals surface area (Å²) >= 11 is 0. The molecule has 0 saturated carbocycles. The van der Waals surface area contributed by atoms with Crippen LogP contribution in [0.3, 0.4) is 0 Å². The summed E-state index contributed by atoms with van der Waals surface area (Å²) in [4.78, 5) is 0. The number of aliphatic hydroxyl groups is 1. The van der Waals surface area contributed by atoms with Gasteiger partial charge < -0.3 is 20.3 Å². The van der Waals surface area contributed by atoms with E-state index in [0.29, 0.717) is 12.2 Å². The summed E-state index contributed by atoms with van der Waals surface area (Å²) in [5.74, 6) is -0.100. The average Bonchev–Trinajstić information content (AvgIpc) is 2.35. The van der Waals surface area contributed by atoms with Crippen LogP contribution in [0, 0.1) is 0 Å². The quantitative estimate of drug-likeness (QED) is 0.877. The number of methoxy groups -OCH3 is 1. The van der Waals surface area contributed by atoms with Gasteiger partial charge in [0.1, 0.15) is 11.5 Å². The van der Waals surface area contributed by atoms with Crippen LogP contribution in [-0.2, 0) is 0 Å². The van der Waals surface area contributed by atoms with Crippen molar-refractivity contribution in [2.75, 3.05) is 7.11 Å². The first-order valence-corrected chi connectivity index (χ1v) is 5.65. The first-order chi connectivity index (χ1) is 8.78.